The van der Waals surface area contributed by atoms with E-state index in [0.29, 0.717) is 19.5 Å². The van der Waals surface area contributed by atoms with Crippen molar-refractivity contribution in [2.45, 2.75) is 18.9 Å². The molecule has 1 aromatic heterocycles. The number of aromatic nitrogens is 2. The summed E-state index contributed by atoms with van der Waals surface area (Å²) in [6, 6.07) is 5.98. The highest BCUT2D eigenvalue weighted by Gasteiger charge is 2.28. The van der Waals surface area contributed by atoms with Crippen LogP contribution in [0.25, 0.3) is 0 Å². The van der Waals surface area contributed by atoms with Gasteiger partial charge in [-0.15, -0.1) is 0 Å². The lowest BCUT2D eigenvalue weighted by molar-refractivity contribution is -0.129. The average molecular weight is 319 g/mol. The third-order valence-corrected chi connectivity index (χ3v) is 3.64. The predicted octanol–water partition coefficient (Wildman–Crippen LogP) is 1.98. The van der Waals surface area contributed by atoms with Crippen molar-refractivity contribution in [2.75, 3.05) is 13.1 Å². The van der Waals surface area contributed by atoms with Crippen LogP contribution < -0.4 is 4.74 Å². The van der Waals surface area contributed by atoms with Gasteiger partial charge in [-0.05, 0) is 17.7 Å². The molecule has 120 valence electrons. The van der Waals surface area contributed by atoms with Gasteiger partial charge in [-0.1, -0.05) is 12.1 Å². The quantitative estimate of drug-likeness (QED) is 0.865. The molecule has 5 nitrogen and oxygen atoms in total. The van der Waals surface area contributed by atoms with Gasteiger partial charge in [0.25, 0.3) is 0 Å². The summed E-state index contributed by atoms with van der Waals surface area (Å²) in [5, 5.41) is 0. The molecule has 1 aliphatic rings. The molecule has 23 heavy (non-hydrogen) atoms. The highest BCUT2D eigenvalue weighted by molar-refractivity contribution is 5.79. The lowest BCUT2D eigenvalue weighted by atomic mass is 10.1. The molecule has 1 fully saturated rings. The van der Waals surface area contributed by atoms with Gasteiger partial charge in [0.05, 0.1) is 25.4 Å². The number of hydrogen-bond acceptors (Lipinski definition) is 4. The molecular weight excluding hydrogens is 304 g/mol. The maximum Gasteiger partial charge on any atom is 0.316 e. The highest BCUT2D eigenvalue weighted by Crippen LogP contribution is 2.16. The molecular formula is C16H15F2N3O2. The summed E-state index contributed by atoms with van der Waals surface area (Å²) in [6.07, 6.45) is 2.75. The Labute approximate surface area is 131 Å². The van der Waals surface area contributed by atoms with Gasteiger partial charge in [0.1, 0.15) is 11.9 Å². The lowest BCUT2D eigenvalue weighted by Crippen LogP contribution is -2.32. The Morgan fingerprint density at radius 2 is 1.87 bits per heavy atom. The Bertz CT molecular complexity index is 677. The Morgan fingerprint density at radius 3 is 2.57 bits per heavy atom. The van der Waals surface area contributed by atoms with Crippen LogP contribution in [0.5, 0.6) is 6.01 Å². The van der Waals surface area contributed by atoms with Crippen molar-refractivity contribution in [3.8, 4) is 6.01 Å². The molecule has 0 aliphatic carbocycles. The van der Waals surface area contributed by atoms with Crippen molar-refractivity contribution in [1.29, 1.82) is 0 Å². The molecule has 3 rings (SSSR count). The Hall–Kier alpha value is -2.57. The van der Waals surface area contributed by atoms with E-state index >= 15 is 0 Å². The van der Waals surface area contributed by atoms with Crippen LogP contribution in [0.1, 0.15) is 12.0 Å². The molecule has 0 spiro atoms. The highest BCUT2D eigenvalue weighted by atomic mass is 19.1. The standard InChI is InChI=1S/C16H15F2N3O2/c17-12-3-1-11(2-4-12)7-15(22)21-6-5-14(10-21)23-16-19-8-13(18)9-20-16/h1-4,8-9,14H,5-7,10H2. The van der Waals surface area contributed by atoms with Crippen molar-refractivity contribution in [2.24, 2.45) is 0 Å². The molecule has 1 saturated heterocycles. The van der Waals surface area contributed by atoms with Crippen LogP contribution in [0.2, 0.25) is 0 Å². The molecule has 2 aromatic rings. The van der Waals surface area contributed by atoms with E-state index < -0.39 is 5.82 Å². The number of amides is 1. The first kappa shape index (κ1) is 15.3. The van der Waals surface area contributed by atoms with E-state index in [1.54, 1.807) is 17.0 Å². The number of ether oxygens (including phenoxy) is 1. The zero-order valence-electron chi connectivity index (χ0n) is 12.3. The molecule has 1 amide bonds. The molecule has 2 heterocycles. The summed E-state index contributed by atoms with van der Waals surface area (Å²) in [6.45, 7) is 1.01. The molecule has 1 atom stereocenters. The van der Waals surface area contributed by atoms with Crippen molar-refractivity contribution in [3.05, 3.63) is 53.9 Å². The first-order chi connectivity index (χ1) is 11.1. The van der Waals surface area contributed by atoms with E-state index in [-0.39, 0.29) is 30.3 Å². The number of benzene rings is 1. The van der Waals surface area contributed by atoms with Crippen LogP contribution in [0.3, 0.4) is 0 Å². The van der Waals surface area contributed by atoms with Crippen molar-refractivity contribution < 1.29 is 18.3 Å². The van der Waals surface area contributed by atoms with Crippen LogP contribution >= 0.6 is 0 Å². The minimum Gasteiger partial charge on any atom is -0.458 e. The van der Waals surface area contributed by atoms with E-state index in [1.807, 2.05) is 0 Å². The monoisotopic (exact) mass is 319 g/mol. The van der Waals surface area contributed by atoms with Gasteiger partial charge in [0.2, 0.25) is 5.91 Å². The summed E-state index contributed by atoms with van der Waals surface area (Å²) in [5.41, 5.74) is 0.766. The van der Waals surface area contributed by atoms with E-state index in [2.05, 4.69) is 9.97 Å². The normalized spacial score (nSPS) is 17.3. The van der Waals surface area contributed by atoms with Gasteiger partial charge < -0.3 is 9.64 Å². The summed E-state index contributed by atoms with van der Waals surface area (Å²) in [5.74, 6) is -0.891. The minimum absolute atomic E-state index is 0.0391. The summed E-state index contributed by atoms with van der Waals surface area (Å²) < 4.78 is 31.1. The largest absolute Gasteiger partial charge is 0.458 e. The van der Waals surface area contributed by atoms with Gasteiger partial charge in [-0.2, -0.15) is 0 Å². The van der Waals surface area contributed by atoms with Crippen LogP contribution in [0, 0.1) is 11.6 Å². The first-order valence-electron chi connectivity index (χ1n) is 7.26. The van der Waals surface area contributed by atoms with Crippen LogP contribution in [0.4, 0.5) is 8.78 Å². The zero-order chi connectivity index (χ0) is 16.2. The number of rotatable bonds is 4. The Balaban J connectivity index is 1.53. The van der Waals surface area contributed by atoms with Crippen LogP contribution in [-0.2, 0) is 11.2 Å². The first-order valence-corrected chi connectivity index (χ1v) is 7.26. The van der Waals surface area contributed by atoms with E-state index in [1.165, 1.54) is 12.1 Å². The second-order valence-corrected chi connectivity index (χ2v) is 5.36. The van der Waals surface area contributed by atoms with Gasteiger partial charge in [0.15, 0.2) is 5.82 Å². The van der Waals surface area contributed by atoms with Gasteiger partial charge >= 0.3 is 6.01 Å². The Morgan fingerprint density at radius 1 is 1.17 bits per heavy atom. The number of halogens is 2. The molecule has 7 heteroatoms. The van der Waals surface area contributed by atoms with Crippen molar-refractivity contribution >= 4 is 5.91 Å². The fraction of sp³-hybridized carbons (Fsp3) is 0.312. The number of likely N-dealkylation sites (tertiary alicyclic amines) is 1. The smallest absolute Gasteiger partial charge is 0.316 e. The third kappa shape index (κ3) is 4.00. The van der Waals surface area contributed by atoms with Gasteiger partial charge in [0, 0.05) is 13.0 Å². The second-order valence-electron chi connectivity index (χ2n) is 5.36. The maximum atomic E-state index is 12.9. The minimum atomic E-state index is -0.528. The van der Waals surface area contributed by atoms with E-state index in [4.69, 9.17) is 4.74 Å². The molecule has 1 aliphatic heterocycles. The summed E-state index contributed by atoms with van der Waals surface area (Å²) in [4.78, 5) is 21.4. The van der Waals surface area contributed by atoms with Gasteiger partial charge in [-0.3, -0.25) is 4.79 Å². The molecule has 0 saturated carbocycles. The molecule has 0 N–H and O–H groups in total. The zero-order valence-corrected chi connectivity index (χ0v) is 12.3. The molecule has 1 unspecified atom stereocenters. The van der Waals surface area contributed by atoms with Crippen LogP contribution in [0.15, 0.2) is 36.7 Å². The average Bonchev–Trinajstić information content (AvgIpc) is 3.00. The van der Waals surface area contributed by atoms with Crippen molar-refractivity contribution in [1.82, 2.24) is 14.9 Å². The number of hydrogen-bond donors (Lipinski definition) is 0. The number of carbonyl (C=O) groups is 1. The van der Waals surface area contributed by atoms with Crippen molar-refractivity contribution in [3.63, 3.8) is 0 Å². The molecule has 1 aromatic carbocycles. The second kappa shape index (κ2) is 6.68. The topological polar surface area (TPSA) is 55.3 Å². The fourth-order valence-corrected chi connectivity index (χ4v) is 2.45. The van der Waals surface area contributed by atoms with Gasteiger partial charge in [-0.25, -0.2) is 18.7 Å². The third-order valence-electron chi connectivity index (χ3n) is 3.64. The summed E-state index contributed by atoms with van der Waals surface area (Å²) >= 11 is 0. The lowest BCUT2D eigenvalue weighted by Gasteiger charge is -2.16. The SMILES string of the molecule is O=C(Cc1ccc(F)cc1)N1CCC(Oc2ncc(F)cn2)C1. The number of carbonyl (C=O) groups excluding carboxylic acids is 1. The Kier molecular flexibility index (Phi) is 4.45. The molecule has 0 bridgehead atoms. The maximum absolute atomic E-state index is 12.9. The predicted molar refractivity (Wildman–Crippen MR) is 77.7 cm³/mol. The van der Waals surface area contributed by atoms with E-state index in [0.717, 1.165) is 18.0 Å². The van der Waals surface area contributed by atoms with E-state index in [9.17, 15) is 13.6 Å². The number of nitrogens with zero attached hydrogens (tertiary/aromatic N) is 3. The fourth-order valence-electron chi connectivity index (χ4n) is 2.45. The van der Waals surface area contributed by atoms with Crippen LogP contribution in [-0.4, -0.2) is 40.0 Å². The summed E-state index contributed by atoms with van der Waals surface area (Å²) in [7, 11) is 0. The molecule has 0 radical (unpaired) electrons.